The Bertz CT molecular complexity index is 555. The number of benzene rings is 1. The fourth-order valence-electron chi connectivity index (χ4n) is 1.73. The molecule has 0 aliphatic carbocycles. The highest BCUT2D eigenvalue weighted by atomic mass is 16.1. The van der Waals surface area contributed by atoms with Crippen LogP contribution >= 0.6 is 0 Å². The summed E-state index contributed by atoms with van der Waals surface area (Å²) >= 11 is 0. The van der Waals surface area contributed by atoms with Crippen molar-refractivity contribution in [2.24, 2.45) is 7.05 Å². The van der Waals surface area contributed by atoms with Crippen molar-refractivity contribution in [2.45, 2.75) is 13.3 Å². The summed E-state index contributed by atoms with van der Waals surface area (Å²) in [7, 11) is 1.70. The van der Waals surface area contributed by atoms with Gasteiger partial charge in [0.05, 0.1) is 0 Å². The van der Waals surface area contributed by atoms with Crippen LogP contribution < -0.4 is 11.1 Å². The van der Waals surface area contributed by atoms with Gasteiger partial charge in [0.15, 0.2) is 5.69 Å². The lowest BCUT2D eigenvalue weighted by Gasteiger charge is -2.07. The highest BCUT2D eigenvalue weighted by Crippen LogP contribution is 2.16. The molecule has 5 heteroatoms. The normalized spacial score (nSPS) is 10.3. The molecule has 0 saturated carbocycles. The maximum absolute atomic E-state index is 12.0. The van der Waals surface area contributed by atoms with Gasteiger partial charge in [-0.25, -0.2) is 0 Å². The van der Waals surface area contributed by atoms with Gasteiger partial charge in [-0.2, -0.15) is 5.10 Å². The van der Waals surface area contributed by atoms with Crippen molar-refractivity contribution in [1.82, 2.24) is 9.78 Å². The molecule has 0 spiro atoms. The van der Waals surface area contributed by atoms with Crippen LogP contribution in [0.1, 0.15) is 23.0 Å². The van der Waals surface area contributed by atoms with Gasteiger partial charge < -0.3 is 11.1 Å². The molecular formula is C13H16N4O. The predicted octanol–water partition coefficient (Wildman–Crippen LogP) is 1.82. The number of nitrogen functional groups attached to an aromatic ring is 1. The lowest BCUT2D eigenvalue weighted by Crippen LogP contribution is -2.14. The fourth-order valence-corrected chi connectivity index (χ4v) is 1.73. The predicted molar refractivity (Wildman–Crippen MR) is 71.4 cm³/mol. The van der Waals surface area contributed by atoms with E-state index in [9.17, 15) is 4.79 Å². The molecule has 0 saturated heterocycles. The topological polar surface area (TPSA) is 72.9 Å². The number of aromatic nitrogens is 2. The highest BCUT2D eigenvalue weighted by molar-refractivity contribution is 6.03. The first-order chi connectivity index (χ1) is 8.61. The van der Waals surface area contributed by atoms with E-state index in [2.05, 4.69) is 10.4 Å². The van der Waals surface area contributed by atoms with Gasteiger partial charge in [-0.1, -0.05) is 25.1 Å². The molecule has 0 fully saturated rings. The van der Waals surface area contributed by atoms with Crippen molar-refractivity contribution in [3.63, 3.8) is 0 Å². The van der Waals surface area contributed by atoms with Gasteiger partial charge in [-0.15, -0.1) is 0 Å². The SMILES string of the molecule is CCc1ccccc1NC(=O)c1cc(N)n(C)n1. The van der Waals surface area contributed by atoms with Gasteiger partial charge in [-0.05, 0) is 18.1 Å². The van der Waals surface area contributed by atoms with E-state index in [1.54, 1.807) is 13.1 Å². The summed E-state index contributed by atoms with van der Waals surface area (Å²) in [5, 5.41) is 6.89. The van der Waals surface area contributed by atoms with Crippen LogP contribution in [0.2, 0.25) is 0 Å². The summed E-state index contributed by atoms with van der Waals surface area (Å²) in [5.74, 6) is 0.215. The molecule has 0 bridgehead atoms. The zero-order valence-corrected chi connectivity index (χ0v) is 10.5. The van der Waals surface area contributed by atoms with Gasteiger partial charge in [-0.3, -0.25) is 9.48 Å². The zero-order valence-electron chi connectivity index (χ0n) is 10.5. The lowest BCUT2D eigenvalue weighted by atomic mass is 10.1. The molecule has 2 rings (SSSR count). The molecule has 1 heterocycles. The number of rotatable bonds is 3. The molecular weight excluding hydrogens is 228 g/mol. The molecule has 5 nitrogen and oxygen atoms in total. The number of nitrogens with one attached hydrogen (secondary N) is 1. The fraction of sp³-hybridized carbons (Fsp3) is 0.231. The third kappa shape index (κ3) is 2.34. The van der Waals surface area contributed by atoms with Gasteiger partial charge in [0.25, 0.3) is 5.91 Å². The number of hydrogen-bond donors (Lipinski definition) is 2. The van der Waals surface area contributed by atoms with Crippen LogP contribution in [0, 0.1) is 0 Å². The minimum Gasteiger partial charge on any atom is -0.384 e. The van der Waals surface area contributed by atoms with E-state index in [4.69, 9.17) is 5.73 Å². The molecule has 0 unspecified atom stereocenters. The number of nitrogens with zero attached hydrogens (tertiary/aromatic N) is 2. The van der Waals surface area contributed by atoms with E-state index in [0.717, 1.165) is 17.7 Å². The summed E-state index contributed by atoms with van der Waals surface area (Å²) in [5.41, 5.74) is 7.88. The second kappa shape index (κ2) is 4.91. The minimum atomic E-state index is -0.247. The van der Waals surface area contributed by atoms with Crippen LogP contribution in [-0.2, 0) is 13.5 Å². The Labute approximate surface area is 106 Å². The second-order valence-electron chi connectivity index (χ2n) is 4.04. The Morgan fingerprint density at radius 3 is 2.78 bits per heavy atom. The van der Waals surface area contributed by atoms with Crippen LogP contribution in [0.15, 0.2) is 30.3 Å². The summed E-state index contributed by atoms with van der Waals surface area (Å²) < 4.78 is 1.47. The summed E-state index contributed by atoms with van der Waals surface area (Å²) in [4.78, 5) is 12.0. The molecule has 2 aromatic rings. The molecule has 1 aromatic carbocycles. The first-order valence-corrected chi connectivity index (χ1v) is 5.80. The van der Waals surface area contributed by atoms with Crippen molar-refractivity contribution < 1.29 is 4.79 Å². The van der Waals surface area contributed by atoms with Gasteiger partial charge in [0.2, 0.25) is 0 Å². The van der Waals surface area contributed by atoms with Crippen molar-refractivity contribution in [1.29, 1.82) is 0 Å². The average molecular weight is 244 g/mol. The van der Waals surface area contributed by atoms with Crippen molar-refractivity contribution >= 4 is 17.4 Å². The van der Waals surface area contributed by atoms with Crippen LogP contribution in [0.25, 0.3) is 0 Å². The number of nitrogens with two attached hydrogens (primary N) is 1. The van der Waals surface area contributed by atoms with Crippen LogP contribution in [-0.4, -0.2) is 15.7 Å². The number of carbonyl (C=O) groups excluding carboxylic acids is 1. The first kappa shape index (κ1) is 12.2. The molecule has 0 aliphatic heterocycles. The van der Waals surface area contributed by atoms with E-state index in [1.807, 2.05) is 31.2 Å². The van der Waals surface area contributed by atoms with Gasteiger partial charge in [0.1, 0.15) is 5.82 Å². The number of hydrogen-bond acceptors (Lipinski definition) is 3. The molecule has 18 heavy (non-hydrogen) atoms. The Hall–Kier alpha value is -2.30. The van der Waals surface area contributed by atoms with Crippen molar-refractivity contribution in [2.75, 3.05) is 11.1 Å². The lowest BCUT2D eigenvalue weighted by molar-refractivity contribution is 0.102. The van der Waals surface area contributed by atoms with Crippen LogP contribution in [0.3, 0.4) is 0 Å². The Balaban J connectivity index is 2.21. The third-order valence-corrected chi connectivity index (χ3v) is 2.80. The van der Waals surface area contributed by atoms with E-state index in [0.29, 0.717) is 11.5 Å². The Kier molecular flexibility index (Phi) is 3.32. The molecule has 0 aliphatic rings. The van der Waals surface area contributed by atoms with Crippen LogP contribution in [0.5, 0.6) is 0 Å². The van der Waals surface area contributed by atoms with Crippen LogP contribution in [0.4, 0.5) is 11.5 Å². The highest BCUT2D eigenvalue weighted by Gasteiger charge is 2.12. The monoisotopic (exact) mass is 244 g/mol. The molecule has 0 atom stereocenters. The smallest absolute Gasteiger partial charge is 0.276 e. The van der Waals surface area contributed by atoms with Crippen molar-refractivity contribution in [3.05, 3.63) is 41.6 Å². The number of para-hydroxylation sites is 1. The average Bonchev–Trinajstić information content (AvgIpc) is 2.70. The third-order valence-electron chi connectivity index (χ3n) is 2.80. The maximum Gasteiger partial charge on any atom is 0.276 e. The zero-order chi connectivity index (χ0) is 13.1. The van der Waals surface area contributed by atoms with E-state index in [-0.39, 0.29) is 5.91 Å². The quantitative estimate of drug-likeness (QED) is 0.865. The number of aryl methyl sites for hydroxylation is 2. The largest absolute Gasteiger partial charge is 0.384 e. The number of amides is 1. The second-order valence-corrected chi connectivity index (χ2v) is 4.04. The standard InChI is InChI=1S/C13H16N4O/c1-3-9-6-4-5-7-10(9)15-13(18)11-8-12(14)17(2)16-11/h4-8H,3,14H2,1-2H3,(H,15,18). The van der Waals surface area contributed by atoms with Gasteiger partial charge in [0, 0.05) is 18.8 Å². The molecule has 1 amide bonds. The van der Waals surface area contributed by atoms with E-state index < -0.39 is 0 Å². The van der Waals surface area contributed by atoms with Gasteiger partial charge >= 0.3 is 0 Å². The number of carbonyl (C=O) groups is 1. The summed E-state index contributed by atoms with van der Waals surface area (Å²) in [6.45, 7) is 2.05. The van der Waals surface area contributed by atoms with E-state index in [1.165, 1.54) is 4.68 Å². The minimum absolute atomic E-state index is 0.247. The number of anilines is 2. The Morgan fingerprint density at radius 2 is 2.17 bits per heavy atom. The summed E-state index contributed by atoms with van der Waals surface area (Å²) in [6, 6.07) is 9.27. The molecule has 94 valence electrons. The Morgan fingerprint density at radius 1 is 1.44 bits per heavy atom. The first-order valence-electron chi connectivity index (χ1n) is 5.80. The van der Waals surface area contributed by atoms with E-state index >= 15 is 0 Å². The molecule has 0 radical (unpaired) electrons. The summed E-state index contributed by atoms with van der Waals surface area (Å²) in [6.07, 6.45) is 0.862. The molecule has 1 aromatic heterocycles. The van der Waals surface area contributed by atoms with Crippen molar-refractivity contribution in [3.8, 4) is 0 Å². The molecule has 3 N–H and O–H groups in total. The maximum atomic E-state index is 12.0.